The van der Waals surface area contributed by atoms with Crippen LogP contribution in [-0.2, 0) is 11.8 Å². The fraction of sp³-hybridized carbons (Fsp3) is 0.520. The lowest BCUT2D eigenvalue weighted by Crippen LogP contribution is -2.45. The summed E-state index contributed by atoms with van der Waals surface area (Å²) in [6.45, 7) is 9.86. The summed E-state index contributed by atoms with van der Waals surface area (Å²) in [5, 5.41) is 3.34. The highest BCUT2D eigenvalue weighted by Gasteiger charge is 2.30. The zero-order valence-corrected chi connectivity index (χ0v) is 19.8. The van der Waals surface area contributed by atoms with Gasteiger partial charge >= 0.3 is 0 Å². The maximum Gasteiger partial charge on any atom is 0.225 e. The van der Waals surface area contributed by atoms with Gasteiger partial charge in [-0.15, -0.1) is 0 Å². The molecule has 1 aliphatic rings. The van der Waals surface area contributed by atoms with Crippen molar-refractivity contribution in [3.8, 4) is 0 Å². The molecule has 1 saturated heterocycles. The van der Waals surface area contributed by atoms with Gasteiger partial charge in [0.2, 0.25) is 11.9 Å². The zero-order chi connectivity index (χ0) is 22.8. The molecule has 1 N–H and O–H groups in total. The van der Waals surface area contributed by atoms with E-state index in [0.29, 0.717) is 12.5 Å². The summed E-state index contributed by atoms with van der Waals surface area (Å²) in [6.07, 6.45) is 2.68. The van der Waals surface area contributed by atoms with E-state index in [0.717, 1.165) is 60.0 Å². The number of nitrogens with one attached hydrogen (secondary N) is 1. The van der Waals surface area contributed by atoms with Crippen LogP contribution in [0.5, 0.6) is 0 Å². The van der Waals surface area contributed by atoms with E-state index in [1.807, 2.05) is 45.2 Å². The number of nitrogens with zero attached hydrogens (tertiary/aromatic N) is 5. The smallest absolute Gasteiger partial charge is 0.225 e. The number of rotatable bonds is 6. The molecule has 1 amide bonds. The van der Waals surface area contributed by atoms with Gasteiger partial charge in [0.25, 0.3) is 0 Å². The Balaban J connectivity index is 1.53. The minimum absolute atomic E-state index is 0.0856. The van der Waals surface area contributed by atoms with E-state index in [1.165, 1.54) is 0 Å². The van der Waals surface area contributed by atoms with E-state index in [-0.39, 0.29) is 17.9 Å². The summed E-state index contributed by atoms with van der Waals surface area (Å²) in [5.41, 5.74) is 3.96. The number of aromatic nitrogens is 4. The second kappa shape index (κ2) is 9.27. The Labute approximate surface area is 190 Å². The number of amides is 1. The molecule has 0 spiro atoms. The molecular formula is C25H34N6O. The minimum atomic E-state index is -0.118. The zero-order valence-electron chi connectivity index (χ0n) is 19.8. The Bertz CT molecular complexity index is 1080. The number of benzene rings is 1. The summed E-state index contributed by atoms with van der Waals surface area (Å²) >= 11 is 0. The maximum atomic E-state index is 13.4. The van der Waals surface area contributed by atoms with Crippen LogP contribution >= 0.6 is 0 Å². The topological polar surface area (TPSA) is 75.9 Å². The second-order valence-electron chi connectivity index (χ2n) is 9.44. The summed E-state index contributed by atoms with van der Waals surface area (Å²) in [4.78, 5) is 29.6. The van der Waals surface area contributed by atoms with Gasteiger partial charge in [0.1, 0.15) is 5.82 Å². The molecule has 2 aromatic heterocycles. The Hall–Kier alpha value is -2.96. The molecule has 0 aliphatic carbocycles. The quantitative estimate of drug-likeness (QED) is 0.632. The number of piperidine rings is 1. The lowest BCUT2D eigenvalue weighted by molar-refractivity contribution is -0.126. The summed E-state index contributed by atoms with van der Waals surface area (Å²) in [6, 6.07) is 9.98. The maximum absolute atomic E-state index is 13.4. The number of anilines is 1. The fourth-order valence-electron chi connectivity index (χ4n) is 4.69. The first kappa shape index (κ1) is 22.2. The van der Waals surface area contributed by atoms with Gasteiger partial charge in [-0.3, -0.25) is 4.79 Å². The van der Waals surface area contributed by atoms with Gasteiger partial charge in [-0.25, -0.2) is 15.0 Å². The van der Waals surface area contributed by atoms with Crippen LogP contribution in [0.4, 0.5) is 5.95 Å². The molecule has 3 heterocycles. The normalized spacial score (nSPS) is 17.7. The SMILES string of the molecule is Cc1cc(C)nc(N2CCC[C@H](C(=O)N[C@H](CC(C)C)c3nc4ccccc4n3C)C2)n1. The van der Waals surface area contributed by atoms with Crippen molar-refractivity contribution < 1.29 is 4.79 Å². The first-order chi connectivity index (χ1) is 15.3. The Morgan fingerprint density at radius 2 is 1.88 bits per heavy atom. The lowest BCUT2D eigenvalue weighted by Gasteiger charge is -2.33. The van der Waals surface area contributed by atoms with E-state index in [1.54, 1.807) is 0 Å². The van der Waals surface area contributed by atoms with Crippen LogP contribution < -0.4 is 10.2 Å². The van der Waals surface area contributed by atoms with E-state index in [9.17, 15) is 4.79 Å². The van der Waals surface area contributed by atoms with Crippen LogP contribution in [0.1, 0.15) is 56.4 Å². The summed E-state index contributed by atoms with van der Waals surface area (Å²) in [7, 11) is 2.03. The predicted molar refractivity (Wildman–Crippen MR) is 127 cm³/mol. The van der Waals surface area contributed by atoms with Crippen molar-refractivity contribution >= 4 is 22.9 Å². The Morgan fingerprint density at radius 3 is 2.56 bits per heavy atom. The Morgan fingerprint density at radius 1 is 1.16 bits per heavy atom. The van der Waals surface area contributed by atoms with Crippen molar-refractivity contribution in [2.45, 2.75) is 53.0 Å². The summed E-state index contributed by atoms with van der Waals surface area (Å²) in [5.74, 6) is 2.09. The van der Waals surface area contributed by atoms with Crippen LogP contribution in [0.2, 0.25) is 0 Å². The van der Waals surface area contributed by atoms with Crippen molar-refractivity contribution in [2.24, 2.45) is 18.9 Å². The molecule has 170 valence electrons. The highest BCUT2D eigenvalue weighted by atomic mass is 16.2. The second-order valence-corrected chi connectivity index (χ2v) is 9.44. The van der Waals surface area contributed by atoms with E-state index >= 15 is 0 Å². The number of aryl methyl sites for hydroxylation is 3. The number of fused-ring (bicyclic) bond motifs is 1. The van der Waals surface area contributed by atoms with Gasteiger partial charge in [-0.1, -0.05) is 26.0 Å². The van der Waals surface area contributed by atoms with Crippen molar-refractivity contribution in [3.63, 3.8) is 0 Å². The number of carbonyl (C=O) groups excluding carboxylic acids is 1. The van der Waals surface area contributed by atoms with Crippen molar-refractivity contribution in [3.05, 3.63) is 47.5 Å². The molecule has 0 bridgehead atoms. The third kappa shape index (κ3) is 4.76. The molecule has 1 fully saturated rings. The molecule has 32 heavy (non-hydrogen) atoms. The van der Waals surface area contributed by atoms with Crippen molar-refractivity contribution in [2.75, 3.05) is 18.0 Å². The van der Waals surface area contributed by atoms with Gasteiger partial charge in [-0.05, 0) is 57.2 Å². The van der Waals surface area contributed by atoms with Gasteiger partial charge < -0.3 is 14.8 Å². The Kier molecular flexibility index (Phi) is 6.44. The van der Waals surface area contributed by atoms with E-state index < -0.39 is 0 Å². The van der Waals surface area contributed by atoms with Crippen LogP contribution in [0.3, 0.4) is 0 Å². The number of imidazole rings is 1. The molecule has 0 radical (unpaired) electrons. The summed E-state index contributed by atoms with van der Waals surface area (Å²) < 4.78 is 2.11. The fourth-order valence-corrected chi connectivity index (χ4v) is 4.69. The minimum Gasteiger partial charge on any atom is -0.346 e. The van der Waals surface area contributed by atoms with Crippen LogP contribution in [-0.4, -0.2) is 38.5 Å². The molecule has 1 aliphatic heterocycles. The predicted octanol–water partition coefficient (Wildman–Crippen LogP) is 4.10. The molecule has 7 heteroatoms. The van der Waals surface area contributed by atoms with Gasteiger partial charge in [0.05, 0.1) is 23.0 Å². The molecule has 4 rings (SSSR count). The van der Waals surface area contributed by atoms with Gasteiger partial charge in [0, 0.05) is 31.5 Å². The highest BCUT2D eigenvalue weighted by Crippen LogP contribution is 2.27. The number of hydrogen-bond donors (Lipinski definition) is 1. The third-order valence-corrected chi connectivity index (χ3v) is 6.20. The molecule has 7 nitrogen and oxygen atoms in total. The van der Waals surface area contributed by atoms with Crippen LogP contribution in [0, 0.1) is 25.7 Å². The molecule has 1 aromatic carbocycles. The average Bonchev–Trinajstić information content (AvgIpc) is 3.09. The largest absolute Gasteiger partial charge is 0.346 e. The number of para-hydroxylation sites is 2. The van der Waals surface area contributed by atoms with E-state index in [2.05, 4.69) is 44.7 Å². The average molecular weight is 435 g/mol. The standard InChI is InChI=1S/C25H34N6O/c1-16(2)13-21(23-28-20-10-6-7-11-22(20)30(23)5)29-24(32)19-9-8-12-31(15-19)25-26-17(3)14-18(4)27-25/h6-7,10-11,14,16,19,21H,8-9,12-13,15H2,1-5H3,(H,29,32)/t19-,21+/m0/s1. The highest BCUT2D eigenvalue weighted by molar-refractivity contribution is 5.80. The van der Waals surface area contributed by atoms with Crippen molar-refractivity contribution in [1.82, 2.24) is 24.8 Å². The lowest BCUT2D eigenvalue weighted by atomic mass is 9.96. The van der Waals surface area contributed by atoms with Crippen molar-refractivity contribution in [1.29, 1.82) is 0 Å². The molecule has 3 aromatic rings. The first-order valence-corrected chi connectivity index (χ1v) is 11.6. The van der Waals surface area contributed by atoms with Gasteiger partial charge in [-0.2, -0.15) is 0 Å². The molecular weight excluding hydrogens is 400 g/mol. The third-order valence-electron chi connectivity index (χ3n) is 6.20. The first-order valence-electron chi connectivity index (χ1n) is 11.6. The molecule has 0 saturated carbocycles. The number of hydrogen-bond acceptors (Lipinski definition) is 5. The molecule has 0 unspecified atom stereocenters. The molecule has 2 atom stereocenters. The van der Waals surface area contributed by atoms with Crippen LogP contribution in [0.15, 0.2) is 30.3 Å². The van der Waals surface area contributed by atoms with Gasteiger partial charge in [0.15, 0.2) is 0 Å². The monoisotopic (exact) mass is 434 g/mol. The number of carbonyl (C=O) groups is 1. The van der Waals surface area contributed by atoms with Crippen LogP contribution in [0.25, 0.3) is 11.0 Å². The van der Waals surface area contributed by atoms with E-state index in [4.69, 9.17) is 4.98 Å².